The predicted molar refractivity (Wildman–Crippen MR) is 42.0 cm³/mol. The lowest BCUT2D eigenvalue weighted by molar-refractivity contribution is 0.669. The molecule has 0 saturated heterocycles. The normalized spacial score (nSPS) is 9.55. The molecule has 0 N–H and O–H groups in total. The smallest absolute Gasteiger partial charge is 0.212 e. The molecule has 0 fully saturated rings. The highest BCUT2D eigenvalue weighted by Gasteiger charge is 2.01. The van der Waals surface area contributed by atoms with Crippen LogP contribution in [0.3, 0.4) is 0 Å². The van der Waals surface area contributed by atoms with Crippen LogP contribution in [0.25, 0.3) is 0 Å². The fraction of sp³-hybridized carbons (Fsp3) is 0.500. The SMILES string of the molecule is CCCn1cc(C)nc1C#N. The number of nitrogens with zero attached hydrogens (tertiary/aromatic N) is 3. The van der Waals surface area contributed by atoms with E-state index in [-0.39, 0.29) is 0 Å². The van der Waals surface area contributed by atoms with Crippen LogP contribution in [-0.4, -0.2) is 9.55 Å². The highest BCUT2D eigenvalue weighted by molar-refractivity contribution is 5.15. The summed E-state index contributed by atoms with van der Waals surface area (Å²) >= 11 is 0. The average Bonchev–Trinajstić information content (AvgIpc) is 2.32. The molecule has 1 rings (SSSR count). The molecule has 0 bridgehead atoms. The standard InChI is InChI=1S/C8H11N3/c1-3-4-11-6-7(2)10-8(11)5-9/h6H,3-4H2,1-2H3. The van der Waals surface area contributed by atoms with Gasteiger partial charge in [0.25, 0.3) is 0 Å². The van der Waals surface area contributed by atoms with Crippen molar-refractivity contribution in [1.29, 1.82) is 5.26 Å². The predicted octanol–water partition coefficient (Wildman–Crippen LogP) is 1.47. The summed E-state index contributed by atoms with van der Waals surface area (Å²) in [6, 6.07) is 2.05. The van der Waals surface area contributed by atoms with E-state index >= 15 is 0 Å². The lowest BCUT2D eigenvalue weighted by Crippen LogP contribution is -1.97. The molecule has 0 aliphatic heterocycles. The Morgan fingerprint density at radius 2 is 2.45 bits per heavy atom. The molecular formula is C8H11N3. The van der Waals surface area contributed by atoms with Crippen LogP contribution in [0.15, 0.2) is 6.20 Å². The van der Waals surface area contributed by atoms with Crippen LogP contribution in [0.1, 0.15) is 24.9 Å². The van der Waals surface area contributed by atoms with Crippen molar-refractivity contribution in [1.82, 2.24) is 9.55 Å². The molecule has 0 radical (unpaired) electrons. The van der Waals surface area contributed by atoms with Gasteiger partial charge in [0.15, 0.2) is 0 Å². The summed E-state index contributed by atoms with van der Waals surface area (Å²) in [5.41, 5.74) is 0.912. The van der Waals surface area contributed by atoms with Crippen molar-refractivity contribution in [2.45, 2.75) is 26.8 Å². The Kier molecular flexibility index (Phi) is 2.27. The van der Waals surface area contributed by atoms with Gasteiger partial charge < -0.3 is 4.57 Å². The second kappa shape index (κ2) is 3.20. The van der Waals surface area contributed by atoms with Crippen molar-refractivity contribution in [2.24, 2.45) is 0 Å². The van der Waals surface area contributed by atoms with E-state index in [1.54, 1.807) is 0 Å². The Balaban J connectivity index is 2.95. The summed E-state index contributed by atoms with van der Waals surface area (Å²) in [6.07, 6.45) is 2.94. The first-order chi connectivity index (χ1) is 5.27. The minimum Gasteiger partial charge on any atom is -0.322 e. The number of aryl methyl sites for hydroxylation is 2. The van der Waals surface area contributed by atoms with Gasteiger partial charge in [0.1, 0.15) is 6.07 Å². The Hall–Kier alpha value is -1.30. The van der Waals surface area contributed by atoms with E-state index < -0.39 is 0 Å². The van der Waals surface area contributed by atoms with E-state index in [0.29, 0.717) is 5.82 Å². The molecule has 0 unspecified atom stereocenters. The van der Waals surface area contributed by atoms with Crippen LogP contribution in [0.4, 0.5) is 0 Å². The third kappa shape index (κ3) is 1.58. The van der Waals surface area contributed by atoms with Crippen LogP contribution >= 0.6 is 0 Å². The fourth-order valence-corrected chi connectivity index (χ4v) is 1.05. The van der Waals surface area contributed by atoms with E-state index in [1.165, 1.54) is 0 Å². The Morgan fingerprint density at radius 3 is 3.00 bits per heavy atom. The largest absolute Gasteiger partial charge is 0.322 e. The lowest BCUT2D eigenvalue weighted by atomic mass is 10.4. The van der Waals surface area contributed by atoms with Crippen LogP contribution in [-0.2, 0) is 6.54 Å². The second-order valence-corrected chi connectivity index (χ2v) is 2.51. The van der Waals surface area contributed by atoms with Gasteiger partial charge in [-0.3, -0.25) is 0 Å². The van der Waals surface area contributed by atoms with Crippen molar-refractivity contribution in [3.63, 3.8) is 0 Å². The first-order valence-electron chi connectivity index (χ1n) is 3.71. The van der Waals surface area contributed by atoms with Crippen molar-refractivity contribution in [3.05, 3.63) is 17.7 Å². The summed E-state index contributed by atoms with van der Waals surface area (Å²) in [5.74, 6) is 0.518. The molecule has 1 heterocycles. The number of nitriles is 1. The average molecular weight is 149 g/mol. The molecule has 0 aliphatic rings. The number of hydrogen-bond acceptors (Lipinski definition) is 2. The molecule has 3 heteroatoms. The van der Waals surface area contributed by atoms with Crippen LogP contribution in [0.2, 0.25) is 0 Å². The molecule has 0 aromatic carbocycles. The molecule has 1 aromatic heterocycles. The van der Waals surface area contributed by atoms with Crippen LogP contribution in [0.5, 0.6) is 0 Å². The minimum absolute atomic E-state index is 0.518. The highest BCUT2D eigenvalue weighted by Crippen LogP contribution is 2.01. The molecule has 11 heavy (non-hydrogen) atoms. The first-order valence-corrected chi connectivity index (χ1v) is 3.71. The van der Waals surface area contributed by atoms with Crippen molar-refractivity contribution in [2.75, 3.05) is 0 Å². The van der Waals surface area contributed by atoms with Gasteiger partial charge in [-0.05, 0) is 13.3 Å². The number of rotatable bonds is 2. The maximum Gasteiger partial charge on any atom is 0.212 e. The Labute approximate surface area is 66.3 Å². The van der Waals surface area contributed by atoms with E-state index in [1.807, 2.05) is 17.7 Å². The van der Waals surface area contributed by atoms with Gasteiger partial charge in [-0.1, -0.05) is 6.92 Å². The minimum atomic E-state index is 0.518. The van der Waals surface area contributed by atoms with Crippen molar-refractivity contribution < 1.29 is 0 Å². The van der Waals surface area contributed by atoms with Gasteiger partial charge in [-0.25, -0.2) is 4.98 Å². The second-order valence-electron chi connectivity index (χ2n) is 2.51. The first kappa shape index (κ1) is 7.80. The van der Waals surface area contributed by atoms with Crippen LogP contribution in [0, 0.1) is 18.3 Å². The zero-order valence-electron chi connectivity index (χ0n) is 6.83. The van der Waals surface area contributed by atoms with Gasteiger partial charge in [0.05, 0.1) is 5.69 Å². The topological polar surface area (TPSA) is 41.6 Å². The Bertz CT molecular complexity index is 280. The van der Waals surface area contributed by atoms with Crippen LogP contribution < -0.4 is 0 Å². The molecule has 0 atom stereocenters. The van der Waals surface area contributed by atoms with Crippen molar-refractivity contribution >= 4 is 0 Å². The fourth-order valence-electron chi connectivity index (χ4n) is 1.05. The maximum absolute atomic E-state index is 8.63. The summed E-state index contributed by atoms with van der Waals surface area (Å²) in [5, 5.41) is 8.63. The third-order valence-corrected chi connectivity index (χ3v) is 1.46. The summed E-state index contributed by atoms with van der Waals surface area (Å²) in [4.78, 5) is 4.05. The zero-order valence-corrected chi connectivity index (χ0v) is 6.83. The number of hydrogen-bond donors (Lipinski definition) is 0. The monoisotopic (exact) mass is 149 g/mol. The molecule has 0 spiro atoms. The van der Waals surface area contributed by atoms with Gasteiger partial charge in [-0.15, -0.1) is 0 Å². The number of imidazole rings is 1. The van der Waals surface area contributed by atoms with Gasteiger partial charge >= 0.3 is 0 Å². The van der Waals surface area contributed by atoms with E-state index in [4.69, 9.17) is 5.26 Å². The lowest BCUT2D eigenvalue weighted by Gasteiger charge is -1.97. The molecular weight excluding hydrogens is 138 g/mol. The molecule has 0 aliphatic carbocycles. The van der Waals surface area contributed by atoms with Gasteiger partial charge in [0, 0.05) is 12.7 Å². The summed E-state index contributed by atoms with van der Waals surface area (Å²) in [7, 11) is 0. The number of aromatic nitrogens is 2. The third-order valence-electron chi connectivity index (χ3n) is 1.46. The van der Waals surface area contributed by atoms with Crippen molar-refractivity contribution in [3.8, 4) is 6.07 Å². The quantitative estimate of drug-likeness (QED) is 0.639. The molecule has 3 nitrogen and oxygen atoms in total. The summed E-state index contributed by atoms with van der Waals surface area (Å²) in [6.45, 7) is 4.85. The summed E-state index contributed by atoms with van der Waals surface area (Å²) < 4.78 is 1.88. The van der Waals surface area contributed by atoms with Gasteiger partial charge in [0.2, 0.25) is 5.82 Å². The van der Waals surface area contributed by atoms with E-state index in [9.17, 15) is 0 Å². The maximum atomic E-state index is 8.63. The van der Waals surface area contributed by atoms with E-state index in [2.05, 4.69) is 18.0 Å². The molecule has 0 amide bonds. The molecule has 0 saturated carbocycles. The van der Waals surface area contributed by atoms with Gasteiger partial charge in [-0.2, -0.15) is 5.26 Å². The Morgan fingerprint density at radius 1 is 1.73 bits per heavy atom. The highest BCUT2D eigenvalue weighted by atomic mass is 15.1. The van der Waals surface area contributed by atoms with E-state index in [0.717, 1.165) is 18.7 Å². The molecule has 58 valence electrons. The zero-order chi connectivity index (χ0) is 8.27. The molecule has 1 aromatic rings.